The molecule has 0 unspecified atom stereocenters. The third kappa shape index (κ3) is 4.55. The van der Waals surface area contributed by atoms with Crippen LogP contribution in [0.1, 0.15) is 12.5 Å². The van der Waals surface area contributed by atoms with Gasteiger partial charge >= 0.3 is 5.97 Å². The first-order chi connectivity index (χ1) is 13.5. The SMILES string of the molecule is CCOC(=O)Cn1c(=NC(=O)C=Cc2ccccc2Cl)sc2cccc(F)c21. The highest BCUT2D eigenvalue weighted by molar-refractivity contribution is 7.16. The summed E-state index contributed by atoms with van der Waals surface area (Å²) in [6.07, 6.45) is 2.83. The molecule has 1 heterocycles. The Morgan fingerprint density at radius 3 is 2.79 bits per heavy atom. The Labute approximate surface area is 169 Å². The van der Waals surface area contributed by atoms with Gasteiger partial charge in [-0.3, -0.25) is 9.59 Å². The van der Waals surface area contributed by atoms with E-state index in [1.54, 1.807) is 49.4 Å². The van der Waals surface area contributed by atoms with Gasteiger partial charge in [-0.25, -0.2) is 4.39 Å². The van der Waals surface area contributed by atoms with Gasteiger partial charge < -0.3 is 9.30 Å². The molecule has 2 aromatic carbocycles. The molecular formula is C20H16ClFN2O3S. The molecule has 0 atom stereocenters. The Hall–Kier alpha value is -2.77. The number of hydrogen-bond acceptors (Lipinski definition) is 4. The highest BCUT2D eigenvalue weighted by Gasteiger charge is 2.14. The molecule has 0 bridgehead atoms. The topological polar surface area (TPSA) is 60.7 Å². The molecular weight excluding hydrogens is 403 g/mol. The van der Waals surface area contributed by atoms with Gasteiger partial charge in [0.1, 0.15) is 12.4 Å². The van der Waals surface area contributed by atoms with Crippen LogP contribution in [0.5, 0.6) is 0 Å². The van der Waals surface area contributed by atoms with Crippen molar-refractivity contribution in [3.8, 4) is 0 Å². The summed E-state index contributed by atoms with van der Waals surface area (Å²) in [5.74, 6) is -1.59. The number of ether oxygens (including phenoxy) is 1. The van der Waals surface area contributed by atoms with Crippen LogP contribution < -0.4 is 4.80 Å². The number of carbonyl (C=O) groups is 2. The van der Waals surface area contributed by atoms with Crippen LogP contribution in [0.15, 0.2) is 53.5 Å². The number of benzene rings is 2. The van der Waals surface area contributed by atoms with Crippen LogP contribution >= 0.6 is 22.9 Å². The Bertz CT molecular complexity index is 1130. The fraction of sp³-hybridized carbons (Fsp3) is 0.150. The molecule has 0 aliphatic carbocycles. The van der Waals surface area contributed by atoms with E-state index in [9.17, 15) is 14.0 Å². The van der Waals surface area contributed by atoms with Crippen LogP contribution in [-0.2, 0) is 20.9 Å². The Morgan fingerprint density at radius 1 is 1.25 bits per heavy atom. The van der Waals surface area contributed by atoms with E-state index in [1.807, 2.05) is 0 Å². The average Bonchev–Trinajstić information content (AvgIpc) is 2.99. The van der Waals surface area contributed by atoms with E-state index in [1.165, 1.54) is 16.7 Å². The first kappa shape index (κ1) is 20.0. The number of carbonyl (C=O) groups excluding carboxylic acids is 2. The number of halogens is 2. The van der Waals surface area contributed by atoms with Crippen molar-refractivity contribution in [1.29, 1.82) is 0 Å². The molecule has 0 aliphatic rings. The number of fused-ring (bicyclic) bond motifs is 1. The molecule has 0 spiro atoms. The van der Waals surface area contributed by atoms with Crippen molar-refractivity contribution in [3.63, 3.8) is 0 Å². The van der Waals surface area contributed by atoms with E-state index in [0.29, 0.717) is 15.3 Å². The molecule has 8 heteroatoms. The lowest BCUT2D eigenvalue weighted by Crippen LogP contribution is -2.23. The molecule has 144 valence electrons. The van der Waals surface area contributed by atoms with Gasteiger partial charge in [-0.2, -0.15) is 4.99 Å². The van der Waals surface area contributed by atoms with Crippen LogP contribution in [0.2, 0.25) is 5.02 Å². The predicted molar refractivity (Wildman–Crippen MR) is 107 cm³/mol. The smallest absolute Gasteiger partial charge is 0.326 e. The summed E-state index contributed by atoms with van der Waals surface area (Å²) in [6, 6.07) is 11.6. The van der Waals surface area contributed by atoms with Gasteiger partial charge in [-0.05, 0) is 36.8 Å². The second-order valence-corrected chi connectivity index (χ2v) is 7.08. The fourth-order valence-electron chi connectivity index (χ4n) is 2.56. The lowest BCUT2D eigenvalue weighted by Gasteiger charge is -2.05. The van der Waals surface area contributed by atoms with Gasteiger partial charge in [0.2, 0.25) is 0 Å². The number of aromatic nitrogens is 1. The number of esters is 1. The third-order valence-electron chi connectivity index (χ3n) is 3.76. The highest BCUT2D eigenvalue weighted by Crippen LogP contribution is 2.20. The zero-order valence-corrected chi connectivity index (χ0v) is 16.5. The van der Waals surface area contributed by atoms with Crippen molar-refractivity contribution < 1.29 is 18.7 Å². The second-order valence-electron chi connectivity index (χ2n) is 5.67. The number of para-hydroxylation sites is 1. The molecule has 3 aromatic rings. The molecule has 0 saturated heterocycles. The molecule has 1 amide bonds. The Balaban J connectivity index is 2.01. The minimum Gasteiger partial charge on any atom is -0.465 e. The zero-order chi connectivity index (χ0) is 20.1. The molecule has 0 N–H and O–H groups in total. The van der Waals surface area contributed by atoms with Crippen molar-refractivity contribution >= 4 is 51.1 Å². The summed E-state index contributed by atoms with van der Waals surface area (Å²) in [4.78, 5) is 28.5. The summed E-state index contributed by atoms with van der Waals surface area (Å²) >= 11 is 7.18. The number of hydrogen-bond donors (Lipinski definition) is 0. The van der Waals surface area contributed by atoms with Crippen LogP contribution in [0.4, 0.5) is 4.39 Å². The van der Waals surface area contributed by atoms with E-state index in [2.05, 4.69) is 4.99 Å². The lowest BCUT2D eigenvalue weighted by atomic mass is 10.2. The summed E-state index contributed by atoms with van der Waals surface area (Å²) < 4.78 is 21.2. The zero-order valence-electron chi connectivity index (χ0n) is 14.9. The van der Waals surface area contributed by atoms with E-state index < -0.39 is 17.7 Å². The molecule has 28 heavy (non-hydrogen) atoms. The van der Waals surface area contributed by atoms with Gasteiger partial charge in [0.15, 0.2) is 4.80 Å². The molecule has 3 rings (SSSR count). The van der Waals surface area contributed by atoms with E-state index in [0.717, 1.165) is 11.3 Å². The maximum atomic E-state index is 14.3. The molecule has 0 radical (unpaired) electrons. The second kappa shape index (κ2) is 8.95. The van der Waals surface area contributed by atoms with Crippen LogP contribution in [0.3, 0.4) is 0 Å². The number of thiazole rings is 1. The summed E-state index contributed by atoms with van der Waals surface area (Å²) in [5.41, 5.74) is 0.886. The molecule has 0 aliphatic heterocycles. The minimum atomic E-state index is -0.551. The fourth-order valence-corrected chi connectivity index (χ4v) is 3.81. The Morgan fingerprint density at radius 2 is 2.04 bits per heavy atom. The number of amides is 1. The first-order valence-electron chi connectivity index (χ1n) is 8.44. The van der Waals surface area contributed by atoms with Crippen molar-refractivity contribution in [2.45, 2.75) is 13.5 Å². The van der Waals surface area contributed by atoms with E-state index in [4.69, 9.17) is 16.3 Å². The van der Waals surface area contributed by atoms with E-state index >= 15 is 0 Å². The van der Waals surface area contributed by atoms with E-state index in [-0.39, 0.29) is 23.5 Å². The molecule has 5 nitrogen and oxygen atoms in total. The van der Waals surface area contributed by atoms with Crippen molar-refractivity contribution in [2.24, 2.45) is 4.99 Å². The lowest BCUT2D eigenvalue weighted by molar-refractivity contribution is -0.143. The third-order valence-corrected chi connectivity index (χ3v) is 5.15. The standard InChI is InChI=1S/C20H16ClFN2O3S/c1-2-27-18(26)12-24-19-15(22)8-5-9-16(19)28-20(24)23-17(25)11-10-13-6-3-4-7-14(13)21/h3-11H,2,12H2,1H3. The van der Waals surface area contributed by atoms with Crippen molar-refractivity contribution in [3.05, 3.63) is 69.7 Å². The summed E-state index contributed by atoms with van der Waals surface area (Å²) in [5, 5.41) is 0.507. The minimum absolute atomic E-state index is 0.204. The van der Waals surface area contributed by atoms with Crippen LogP contribution in [0.25, 0.3) is 16.3 Å². The molecule has 1 aromatic heterocycles. The Kier molecular flexibility index (Phi) is 6.38. The summed E-state index contributed by atoms with van der Waals surface area (Å²) in [7, 11) is 0. The first-order valence-corrected chi connectivity index (χ1v) is 9.64. The van der Waals surface area contributed by atoms with Crippen molar-refractivity contribution in [1.82, 2.24) is 4.57 Å². The van der Waals surface area contributed by atoms with Gasteiger partial charge in [-0.1, -0.05) is 47.2 Å². The highest BCUT2D eigenvalue weighted by atomic mass is 35.5. The number of rotatable bonds is 5. The quantitative estimate of drug-likeness (QED) is 0.461. The van der Waals surface area contributed by atoms with Gasteiger partial charge in [0, 0.05) is 11.1 Å². The monoisotopic (exact) mass is 418 g/mol. The maximum Gasteiger partial charge on any atom is 0.326 e. The number of nitrogens with zero attached hydrogens (tertiary/aromatic N) is 2. The average molecular weight is 419 g/mol. The summed E-state index contributed by atoms with van der Waals surface area (Å²) in [6.45, 7) is 1.65. The maximum absolute atomic E-state index is 14.3. The van der Waals surface area contributed by atoms with Gasteiger partial charge in [-0.15, -0.1) is 0 Å². The normalized spacial score (nSPS) is 12.0. The largest absolute Gasteiger partial charge is 0.465 e. The van der Waals surface area contributed by atoms with Crippen molar-refractivity contribution in [2.75, 3.05) is 6.61 Å². The van der Waals surface area contributed by atoms with Crippen LogP contribution in [0, 0.1) is 5.82 Å². The predicted octanol–water partition coefficient (Wildman–Crippen LogP) is 4.20. The van der Waals surface area contributed by atoms with Crippen LogP contribution in [-0.4, -0.2) is 23.1 Å². The molecule has 0 saturated carbocycles. The molecule has 0 fully saturated rings. The van der Waals surface area contributed by atoms with Gasteiger partial charge in [0.25, 0.3) is 5.91 Å². The van der Waals surface area contributed by atoms with Gasteiger partial charge in [0.05, 0.1) is 16.8 Å².